The predicted octanol–water partition coefficient (Wildman–Crippen LogP) is 3.54. The monoisotopic (exact) mass is 364 g/mol. The van der Waals surface area contributed by atoms with E-state index in [-0.39, 0.29) is 30.8 Å². The third-order valence-electron chi connectivity index (χ3n) is 4.24. The summed E-state index contributed by atoms with van der Waals surface area (Å²) in [5.41, 5.74) is 0.803. The number of nitrogens with zero attached hydrogens (tertiary/aromatic N) is 1. The van der Waals surface area contributed by atoms with Crippen molar-refractivity contribution in [2.75, 3.05) is 31.3 Å². The second-order valence-corrected chi connectivity index (χ2v) is 7.07. The zero-order valence-corrected chi connectivity index (χ0v) is 15.9. The highest BCUT2D eigenvalue weighted by Crippen LogP contribution is 2.24. The second-order valence-electron chi connectivity index (χ2n) is 6.22. The van der Waals surface area contributed by atoms with Crippen LogP contribution in [-0.4, -0.2) is 48.8 Å². The van der Waals surface area contributed by atoms with Crippen molar-refractivity contribution in [3.05, 3.63) is 24.3 Å². The maximum Gasteiger partial charge on any atom is 0.224 e. The lowest BCUT2D eigenvalue weighted by molar-refractivity contribution is -0.134. The van der Waals surface area contributed by atoms with Crippen LogP contribution in [0.25, 0.3) is 0 Å². The Hall–Kier alpha value is -1.53. The smallest absolute Gasteiger partial charge is 0.224 e. The lowest BCUT2D eigenvalue weighted by Gasteiger charge is -2.25. The first-order valence-corrected chi connectivity index (χ1v) is 10.2. The number of hydrogen-bond donors (Lipinski definition) is 1. The van der Waals surface area contributed by atoms with Crippen LogP contribution in [0.4, 0.5) is 5.69 Å². The number of thioether (sulfide) groups is 1. The molecule has 2 rings (SSSR count). The van der Waals surface area contributed by atoms with Gasteiger partial charge in [0.1, 0.15) is 0 Å². The van der Waals surface area contributed by atoms with Gasteiger partial charge in [-0.05, 0) is 37.7 Å². The van der Waals surface area contributed by atoms with E-state index < -0.39 is 0 Å². The molecule has 1 atom stereocenters. The van der Waals surface area contributed by atoms with E-state index in [1.165, 1.54) is 0 Å². The molecule has 0 saturated carbocycles. The molecule has 1 saturated heterocycles. The van der Waals surface area contributed by atoms with Crippen molar-refractivity contribution >= 4 is 29.3 Å². The Morgan fingerprint density at radius 1 is 1.32 bits per heavy atom. The summed E-state index contributed by atoms with van der Waals surface area (Å²) in [5.74, 6) is -0.0888. The third kappa shape index (κ3) is 6.36. The predicted molar refractivity (Wildman–Crippen MR) is 102 cm³/mol. The van der Waals surface area contributed by atoms with Gasteiger partial charge in [-0.3, -0.25) is 9.59 Å². The van der Waals surface area contributed by atoms with Gasteiger partial charge in [-0.25, -0.2) is 0 Å². The van der Waals surface area contributed by atoms with Crippen LogP contribution in [0.1, 0.15) is 39.0 Å². The normalized spacial score (nSPS) is 16.6. The first-order chi connectivity index (χ1) is 12.1. The van der Waals surface area contributed by atoms with Gasteiger partial charge in [0.2, 0.25) is 11.8 Å². The molecule has 0 aromatic heterocycles. The van der Waals surface area contributed by atoms with Gasteiger partial charge in [0.05, 0.1) is 11.8 Å². The highest BCUT2D eigenvalue weighted by molar-refractivity contribution is 7.98. The Bertz CT molecular complexity index is 574. The summed E-state index contributed by atoms with van der Waals surface area (Å²) in [7, 11) is 0. The number of carbonyl (C=O) groups is 2. The van der Waals surface area contributed by atoms with E-state index in [0.29, 0.717) is 6.54 Å². The molecular weight excluding hydrogens is 336 g/mol. The van der Waals surface area contributed by atoms with E-state index >= 15 is 0 Å². The van der Waals surface area contributed by atoms with E-state index in [9.17, 15) is 9.59 Å². The van der Waals surface area contributed by atoms with Gasteiger partial charge in [0.25, 0.3) is 0 Å². The molecule has 5 nitrogen and oxygen atoms in total. The minimum absolute atomic E-state index is 0.0330. The SMILES string of the molecule is CCCN(CC1CCCO1)C(=O)CCC(=O)Nc1ccccc1SC. The number of carbonyl (C=O) groups excluding carboxylic acids is 2. The Morgan fingerprint density at radius 3 is 2.80 bits per heavy atom. The average Bonchev–Trinajstić information content (AvgIpc) is 3.13. The van der Waals surface area contributed by atoms with E-state index in [4.69, 9.17) is 4.74 Å². The van der Waals surface area contributed by atoms with Gasteiger partial charge in [0, 0.05) is 37.4 Å². The number of hydrogen-bond acceptors (Lipinski definition) is 4. The Balaban J connectivity index is 1.82. The molecule has 1 aliphatic rings. The minimum Gasteiger partial charge on any atom is -0.376 e. The quantitative estimate of drug-likeness (QED) is 0.681. The number of para-hydroxylation sites is 1. The van der Waals surface area contributed by atoms with Crippen LogP contribution >= 0.6 is 11.8 Å². The molecule has 6 heteroatoms. The Labute approximate surface area is 154 Å². The minimum atomic E-state index is -0.122. The summed E-state index contributed by atoms with van der Waals surface area (Å²) in [4.78, 5) is 27.5. The Kier molecular flexibility index (Phi) is 8.28. The molecule has 0 bridgehead atoms. The molecule has 1 aromatic carbocycles. The molecule has 0 spiro atoms. The highest BCUT2D eigenvalue weighted by Gasteiger charge is 2.22. The van der Waals surface area contributed by atoms with Crippen molar-refractivity contribution in [3.8, 4) is 0 Å². The fourth-order valence-electron chi connectivity index (χ4n) is 2.96. The van der Waals surface area contributed by atoms with Crippen LogP contribution in [0.5, 0.6) is 0 Å². The van der Waals surface area contributed by atoms with E-state index in [2.05, 4.69) is 12.2 Å². The van der Waals surface area contributed by atoms with Gasteiger partial charge in [0.15, 0.2) is 0 Å². The molecule has 1 N–H and O–H groups in total. The molecule has 1 fully saturated rings. The summed E-state index contributed by atoms with van der Waals surface area (Å²) in [6.07, 6.45) is 5.55. The van der Waals surface area contributed by atoms with E-state index in [0.717, 1.165) is 43.0 Å². The van der Waals surface area contributed by atoms with Gasteiger partial charge in [-0.2, -0.15) is 0 Å². The van der Waals surface area contributed by atoms with Crippen LogP contribution in [0.3, 0.4) is 0 Å². The van der Waals surface area contributed by atoms with Gasteiger partial charge in [-0.15, -0.1) is 11.8 Å². The van der Waals surface area contributed by atoms with Crippen molar-refractivity contribution in [1.82, 2.24) is 4.90 Å². The molecule has 2 amide bonds. The summed E-state index contributed by atoms with van der Waals surface area (Å²) >= 11 is 1.59. The topological polar surface area (TPSA) is 58.6 Å². The van der Waals surface area contributed by atoms with Crippen LogP contribution < -0.4 is 5.32 Å². The number of benzene rings is 1. The number of ether oxygens (including phenoxy) is 1. The Morgan fingerprint density at radius 2 is 2.12 bits per heavy atom. The largest absolute Gasteiger partial charge is 0.376 e. The van der Waals surface area contributed by atoms with Gasteiger partial charge < -0.3 is 15.0 Å². The second kappa shape index (κ2) is 10.5. The van der Waals surface area contributed by atoms with Gasteiger partial charge in [-0.1, -0.05) is 19.1 Å². The zero-order chi connectivity index (χ0) is 18.1. The molecule has 25 heavy (non-hydrogen) atoms. The number of anilines is 1. The van der Waals surface area contributed by atoms with Crippen molar-refractivity contribution in [1.29, 1.82) is 0 Å². The highest BCUT2D eigenvalue weighted by atomic mass is 32.2. The fraction of sp³-hybridized carbons (Fsp3) is 0.579. The molecule has 0 aliphatic carbocycles. The van der Waals surface area contributed by atoms with Gasteiger partial charge >= 0.3 is 0 Å². The van der Waals surface area contributed by atoms with Crippen LogP contribution in [0.15, 0.2) is 29.2 Å². The molecule has 0 radical (unpaired) electrons. The van der Waals surface area contributed by atoms with Crippen molar-refractivity contribution in [3.63, 3.8) is 0 Å². The average molecular weight is 365 g/mol. The lowest BCUT2D eigenvalue weighted by Crippen LogP contribution is -2.38. The summed E-state index contributed by atoms with van der Waals surface area (Å²) < 4.78 is 5.63. The zero-order valence-electron chi connectivity index (χ0n) is 15.1. The summed E-state index contributed by atoms with van der Waals surface area (Å²) in [5, 5.41) is 2.91. The van der Waals surface area contributed by atoms with Crippen LogP contribution in [-0.2, 0) is 14.3 Å². The number of amides is 2. The summed E-state index contributed by atoms with van der Waals surface area (Å²) in [6, 6.07) is 7.69. The molecule has 1 heterocycles. The van der Waals surface area contributed by atoms with Crippen molar-refractivity contribution in [2.45, 2.75) is 50.0 Å². The molecule has 138 valence electrons. The maximum absolute atomic E-state index is 12.5. The van der Waals surface area contributed by atoms with E-state index in [1.54, 1.807) is 11.8 Å². The van der Waals surface area contributed by atoms with Crippen LogP contribution in [0.2, 0.25) is 0 Å². The first kappa shape index (κ1) is 19.8. The number of rotatable bonds is 9. The molecule has 1 unspecified atom stereocenters. The van der Waals surface area contributed by atoms with E-state index in [1.807, 2.05) is 35.4 Å². The van der Waals surface area contributed by atoms with Crippen molar-refractivity contribution in [2.24, 2.45) is 0 Å². The first-order valence-electron chi connectivity index (χ1n) is 8.96. The van der Waals surface area contributed by atoms with Crippen molar-refractivity contribution < 1.29 is 14.3 Å². The molecular formula is C19H28N2O3S. The molecule has 1 aromatic rings. The fourth-order valence-corrected chi connectivity index (χ4v) is 3.51. The third-order valence-corrected chi connectivity index (χ3v) is 5.04. The number of nitrogens with one attached hydrogen (secondary N) is 1. The summed E-state index contributed by atoms with van der Waals surface area (Å²) in [6.45, 7) is 4.21. The standard InChI is InChI=1S/C19H28N2O3S/c1-3-12-21(14-15-7-6-13-24-15)19(23)11-10-18(22)20-16-8-4-5-9-17(16)25-2/h4-5,8-9,15H,3,6-7,10-14H2,1-2H3,(H,20,22). The molecule has 1 aliphatic heterocycles. The van der Waals surface area contributed by atoms with Crippen LogP contribution in [0, 0.1) is 0 Å². The lowest BCUT2D eigenvalue weighted by atomic mass is 10.2. The maximum atomic E-state index is 12.5.